The molecule has 8 heteroatoms. The number of aromatic nitrogens is 5. The molecule has 6 rings (SSSR count). The van der Waals surface area contributed by atoms with Crippen LogP contribution >= 0.6 is 0 Å². The molecular formula is C30H35FN6O. The molecule has 0 aliphatic carbocycles. The number of hydrogen-bond donors (Lipinski definition) is 2. The molecule has 1 saturated heterocycles. The van der Waals surface area contributed by atoms with Crippen LogP contribution in [0.2, 0.25) is 0 Å². The lowest BCUT2D eigenvalue weighted by atomic mass is 9.93. The van der Waals surface area contributed by atoms with Crippen molar-refractivity contribution in [2.75, 3.05) is 26.7 Å². The van der Waals surface area contributed by atoms with Crippen molar-refractivity contribution in [3.8, 4) is 17.3 Å². The summed E-state index contributed by atoms with van der Waals surface area (Å²) < 4.78 is 19.7. The lowest BCUT2D eigenvalue weighted by molar-refractivity contribution is 0.199. The summed E-state index contributed by atoms with van der Waals surface area (Å²) in [5.41, 5.74) is 6.10. The molecule has 0 radical (unpaired) electrons. The maximum absolute atomic E-state index is 13.8. The fourth-order valence-electron chi connectivity index (χ4n) is 4.95. The molecule has 1 aliphatic rings. The second-order valence-electron chi connectivity index (χ2n) is 10.1. The number of nitrogens with zero attached hydrogens (tertiary/aromatic N) is 4. The zero-order valence-corrected chi connectivity index (χ0v) is 22.3. The van der Waals surface area contributed by atoms with Crippen molar-refractivity contribution < 1.29 is 9.13 Å². The normalized spacial score (nSPS) is 14.5. The first-order valence-electron chi connectivity index (χ1n) is 13.3. The van der Waals surface area contributed by atoms with Gasteiger partial charge in [-0.25, -0.2) is 19.3 Å². The Bertz CT molecular complexity index is 1470. The highest BCUT2D eigenvalue weighted by Gasteiger charge is 2.16. The second-order valence-corrected chi connectivity index (χ2v) is 10.1. The monoisotopic (exact) mass is 514 g/mol. The number of H-pyrrole nitrogens is 2. The average Bonchev–Trinajstić information content (AvgIpc) is 3.58. The number of fused-ring (bicyclic) bond motifs is 2. The lowest BCUT2D eigenvalue weighted by Crippen LogP contribution is -2.30. The first-order chi connectivity index (χ1) is 18.5. The van der Waals surface area contributed by atoms with E-state index in [1.165, 1.54) is 38.4 Å². The molecule has 2 aromatic carbocycles. The number of halogens is 1. The highest BCUT2D eigenvalue weighted by molar-refractivity contribution is 5.82. The van der Waals surface area contributed by atoms with E-state index >= 15 is 0 Å². The van der Waals surface area contributed by atoms with Crippen molar-refractivity contribution >= 4 is 22.1 Å². The highest BCUT2D eigenvalue weighted by Crippen LogP contribution is 2.27. The molecule has 1 fully saturated rings. The number of likely N-dealkylation sites (tertiary alicyclic amines) is 1. The Labute approximate surface area is 222 Å². The molecule has 0 atom stereocenters. The molecule has 198 valence electrons. The van der Waals surface area contributed by atoms with Crippen LogP contribution in [0.3, 0.4) is 0 Å². The summed E-state index contributed by atoms with van der Waals surface area (Å²) in [4.78, 5) is 21.8. The molecule has 0 saturated carbocycles. The minimum absolute atomic E-state index is 0.241. The maximum atomic E-state index is 13.8. The van der Waals surface area contributed by atoms with E-state index in [1.807, 2.05) is 37.3 Å². The van der Waals surface area contributed by atoms with Crippen LogP contribution in [0, 0.1) is 25.6 Å². The molecule has 5 aromatic rings. The van der Waals surface area contributed by atoms with Crippen LogP contribution < -0.4 is 4.74 Å². The van der Waals surface area contributed by atoms with Crippen LogP contribution in [0.25, 0.3) is 33.5 Å². The molecular weight excluding hydrogens is 479 g/mol. The smallest absolute Gasteiger partial charge is 0.213 e. The van der Waals surface area contributed by atoms with E-state index in [1.54, 1.807) is 25.5 Å². The maximum Gasteiger partial charge on any atom is 0.213 e. The summed E-state index contributed by atoms with van der Waals surface area (Å²) in [5, 5.41) is 0. The van der Waals surface area contributed by atoms with Crippen molar-refractivity contribution in [3.63, 3.8) is 0 Å². The molecule has 38 heavy (non-hydrogen) atoms. The van der Waals surface area contributed by atoms with Gasteiger partial charge < -0.3 is 19.6 Å². The van der Waals surface area contributed by atoms with Crippen molar-refractivity contribution in [2.24, 2.45) is 5.92 Å². The van der Waals surface area contributed by atoms with Crippen LogP contribution in [0.15, 0.2) is 55.0 Å². The van der Waals surface area contributed by atoms with Crippen molar-refractivity contribution in [1.82, 2.24) is 29.8 Å². The molecule has 1 aliphatic heterocycles. The number of pyridine rings is 1. The van der Waals surface area contributed by atoms with E-state index in [0.717, 1.165) is 40.0 Å². The van der Waals surface area contributed by atoms with Crippen LogP contribution in [-0.4, -0.2) is 56.6 Å². The number of para-hydroxylation sites is 2. The first kappa shape index (κ1) is 25.9. The number of nitrogens with one attached hydrogen (secondary N) is 2. The van der Waals surface area contributed by atoms with E-state index in [0.29, 0.717) is 29.4 Å². The number of ether oxygens (including phenoxy) is 1. The number of hydrogen-bond acceptors (Lipinski definition) is 5. The van der Waals surface area contributed by atoms with Gasteiger partial charge in [0.1, 0.15) is 11.6 Å². The molecule has 2 N–H and O–H groups in total. The largest absolute Gasteiger partial charge is 0.478 e. The predicted molar refractivity (Wildman–Crippen MR) is 150 cm³/mol. The molecule has 0 unspecified atom stereocenters. The summed E-state index contributed by atoms with van der Waals surface area (Å²) in [7, 11) is 2.20. The number of imidazole rings is 2. The van der Waals surface area contributed by atoms with Crippen molar-refractivity contribution in [1.29, 1.82) is 0 Å². The first-order valence-corrected chi connectivity index (χ1v) is 13.3. The van der Waals surface area contributed by atoms with Gasteiger partial charge in [-0.3, -0.25) is 0 Å². The van der Waals surface area contributed by atoms with Gasteiger partial charge in [-0.05, 0) is 95.4 Å². The van der Waals surface area contributed by atoms with Gasteiger partial charge in [0.15, 0.2) is 0 Å². The molecule has 0 bridgehead atoms. The second kappa shape index (κ2) is 11.7. The van der Waals surface area contributed by atoms with E-state index in [2.05, 4.69) is 36.9 Å². The summed E-state index contributed by atoms with van der Waals surface area (Å²) in [6.07, 6.45) is 8.35. The Balaban J connectivity index is 0.000000273. The van der Waals surface area contributed by atoms with Gasteiger partial charge in [-0.1, -0.05) is 12.1 Å². The third-order valence-corrected chi connectivity index (χ3v) is 7.35. The standard InChI is InChI=1S/C23H29FN4O.C7H6N2/c1-15-13-21(29-12-4-5-17-8-10-28(3)11-9-17)25-14-18(15)23-26-20-7-6-19(24)16(2)22(20)27-23;1-2-4-7-6(3-1)8-5-9-7/h6-7,13-14,17H,4-5,8-12H2,1-3H3,(H,26,27);1-5H,(H,8,9). The number of benzene rings is 2. The number of rotatable bonds is 6. The Morgan fingerprint density at radius 2 is 1.87 bits per heavy atom. The fourth-order valence-corrected chi connectivity index (χ4v) is 4.95. The van der Waals surface area contributed by atoms with Gasteiger partial charge >= 0.3 is 0 Å². The summed E-state index contributed by atoms with van der Waals surface area (Å²) in [6.45, 7) is 6.88. The topological polar surface area (TPSA) is 82.7 Å². The van der Waals surface area contributed by atoms with Gasteiger partial charge in [-0.2, -0.15) is 0 Å². The summed E-state index contributed by atoms with van der Waals surface area (Å²) in [6, 6.07) is 13.1. The molecule has 3 aromatic heterocycles. The van der Waals surface area contributed by atoms with Gasteiger partial charge in [0.25, 0.3) is 0 Å². The van der Waals surface area contributed by atoms with Crippen molar-refractivity contribution in [3.05, 3.63) is 71.9 Å². The minimum Gasteiger partial charge on any atom is -0.478 e. The number of piperidine rings is 1. The van der Waals surface area contributed by atoms with E-state index in [9.17, 15) is 4.39 Å². The van der Waals surface area contributed by atoms with Gasteiger partial charge in [0.2, 0.25) is 5.88 Å². The van der Waals surface area contributed by atoms with E-state index in [4.69, 9.17) is 4.74 Å². The van der Waals surface area contributed by atoms with E-state index < -0.39 is 0 Å². The Morgan fingerprint density at radius 3 is 2.66 bits per heavy atom. The van der Waals surface area contributed by atoms with Crippen LogP contribution in [0.5, 0.6) is 5.88 Å². The SMILES string of the molecule is Cc1cc(OCCCC2CCN(C)CC2)ncc1-c1nc2c(C)c(F)ccc2[nH]1.c1ccc2[nH]cnc2c1. The zero-order valence-electron chi connectivity index (χ0n) is 22.3. The van der Waals surface area contributed by atoms with Gasteiger partial charge in [0, 0.05) is 23.4 Å². The lowest BCUT2D eigenvalue weighted by Gasteiger charge is -2.28. The molecule has 7 nitrogen and oxygen atoms in total. The van der Waals surface area contributed by atoms with Gasteiger partial charge in [0.05, 0.1) is 35.0 Å². The average molecular weight is 515 g/mol. The van der Waals surface area contributed by atoms with Gasteiger partial charge in [-0.15, -0.1) is 0 Å². The fraction of sp³-hybridized carbons (Fsp3) is 0.367. The predicted octanol–water partition coefficient (Wildman–Crippen LogP) is 6.44. The van der Waals surface area contributed by atoms with Crippen molar-refractivity contribution in [2.45, 2.75) is 39.5 Å². The third-order valence-electron chi connectivity index (χ3n) is 7.35. The molecule has 0 spiro atoms. The van der Waals surface area contributed by atoms with Crippen LogP contribution in [-0.2, 0) is 0 Å². The minimum atomic E-state index is -0.241. The molecule has 4 heterocycles. The summed E-state index contributed by atoms with van der Waals surface area (Å²) >= 11 is 0. The van der Waals surface area contributed by atoms with Crippen LogP contribution in [0.1, 0.15) is 36.8 Å². The molecule has 0 amide bonds. The summed E-state index contributed by atoms with van der Waals surface area (Å²) in [5.74, 6) is 1.93. The Morgan fingerprint density at radius 1 is 1.05 bits per heavy atom. The number of aryl methyl sites for hydroxylation is 2. The third kappa shape index (κ3) is 6.02. The van der Waals surface area contributed by atoms with Crippen LogP contribution in [0.4, 0.5) is 4.39 Å². The Kier molecular flexibility index (Phi) is 7.98. The quantitative estimate of drug-likeness (QED) is 0.255. The number of aromatic amines is 2. The highest BCUT2D eigenvalue weighted by atomic mass is 19.1. The zero-order chi connectivity index (χ0) is 26.5. The van der Waals surface area contributed by atoms with E-state index in [-0.39, 0.29) is 5.82 Å². The Hall–Kier alpha value is -3.78.